The van der Waals surface area contributed by atoms with Crippen molar-refractivity contribution in [2.24, 2.45) is 0 Å². The highest BCUT2D eigenvalue weighted by molar-refractivity contribution is 6.02. The smallest absolute Gasteiger partial charge is 0.130 e. The van der Waals surface area contributed by atoms with E-state index >= 15 is 0 Å². The Labute approximate surface area is 310 Å². The fraction of sp³-hybridized carbons (Fsp3) is 0.0400. The third kappa shape index (κ3) is 4.22. The van der Waals surface area contributed by atoms with Crippen molar-refractivity contribution < 1.29 is 0 Å². The Balaban J connectivity index is 1.17. The SMILES string of the molecule is c1ccc(-c2ccc(N(c3ccccc3)c3cccc4c3-c3ccccc3C43c4ccccc4N4c5c(cccc53)NC4c3ccccc3)cc2)cc1. The first-order valence-electron chi connectivity index (χ1n) is 18.4. The summed E-state index contributed by atoms with van der Waals surface area (Å²) >= 11 is 0. The summed E-state index contributed by atoms with van der Waals surface area (Å²) in [5, 5.41) is 3.93. The van der Waals surface area contributed by atoms with Gasteiger partial charge in [0, 0.05) is 22.6 Å². The number of para-hydroxylation sites is 3. The van der Waals surface area contributed by atoms with Gasteiger partial charge in [0.05, 0.1) is 22.5 Å². The molecule has 3 nitrogen and oxygen atoms in total. The van der Waals surface area contributed by atoms with Crippen LogP contribution in [0.5, 0.6) is 0 Å². The molecule has 8 aromatic rings. The number of nitrogens with one attached hydrogen (secondary N) is 1. The lowest BCUT2D eigenvalue weighted by molar-refractivity contribution is 0.720. The van der Waals surface area contributed by atoms with Crippen molar-refractivity contribution in [1.29, 1.82) is 0 Å². The molecule has 0 bridgehead atoms. The fourth-order valence-electron chi connectivity index (χ4n) is 9.35. The van der Waals surface area contributed by atoms with Gasteiger partial charge >= 0.3 is 0 Å². The van der Waals surface area contributed by atoms with Crippen molar-refractivity contribution in [2.45, 2.75) is 11.6 Å². The average molecular weight is 678 g/mol. The minimum absolute atomic E-state index is 0.0132. The molecule has 0 radical (unpaired) electrons. The van der Waals surface area contributed by atoms with E-state index in [1.165, 1.54) is 67.1 Å². The van der Waals surface area contributed by atoms with E-state index in [0.29, 0.717) is 0 Å². The standard InChI is InChI=1S/C50H35N3/c1-4-16-34(17-5-1)35-30-32-38(33-31-35)52(37-20-8-3-9-21-37)46-29-15-25-42-47(46)39-22-10-11-23-40(39)50(42)41-24-12-13-28-45(41)53-48-43(50)26-14-27-44(48)51-49(53)36-18-6-2-7-19-36/h1-33,49,51H. The summed E-state index contributed by atoms with van der Waals surface area (Å²) in [5.74, 6) is 0. The van der Waals surface area contributed by atoms with Crippen LogP contribution >= 0.6 is 0 Å². The van der Waals surface area contributed by atoms with Gasteiger partial charge in [-0.25, -0.2) is 0 Å². The van der Waals surface area contributed by atoms with Crippen LogP contribution in [0.25, 0.3) is 22.3 Å². The zero-order valence-electron chi connectivity index (χ0n) is 29.0. The Morgan fingerprint density at radius 3 is 1.83 bits per heavy atom. The molecule has 0 saturated heterocycles. The van der Waals surface area contributed by atoms with Crippen LogP contribution in [0.4, 0.5) is 34.1 Å². The van der Waals surface area contributed by atoms with Crippen LogP contribution in [-0.4, -0.2) is 0 Å². The number of hydrogen-bond acceptors (Lipinski definition) is 3. The molecule has 3 heteroatoms. The lowest BCUT2D eigenvalue weighted by atomic mass is 9.64. The van der Waals surface area contributed by atoms with E-state index in [0.717, 1.165) is 17.1 Å². The normalized spacial score (nSPS) is 17.1. The van der Waals surface area contributed by atoms with Gasteiger partial charge in [-0.15, -0.1) is 0 Å². The van der Waals surface area contributed by atoms with Gasteiger partial charge in [-0.2, -0.15) is 0 Å². The number of anilines is 6. The number of fused-ring (bicyclic) bond motifs is 9. The van der Waals surface area contributed by atoms with Crippen molar-refractivity contribution >= 4 is 34.1 Å². The number of hydrogen-bond donors (Lipinski definition) is 1. The molecule has 3 aliphatic rings. The first-order valence-corrected chi connectivity index (χ1v) is 18.4. The second-order valence-corrected chi connectivity index (χ2v) is 14.1. The van der Waals surface area contributed by atoms with Gasteiger partial charge in [0.15, 0.2) is 0 Å². The molecule has 11 rings (SSSR count). The molecule has 0 aromatic heterocycles. The Hall–Kier alpha value is -6.84. The molecule has 2 heterocycles. The van der Waals surface area contributed by atoms with Gasteiger partial charge in [-0.1, -0.05) is 158 Å². The zero-order valence-corrected chi connectivity index (χ0v) is 29.0. The van der Waals surface area contributed by atoms with Gasteiger partial charge in [-0.05, 0) is 87.0 Å². The summed E-state index contributed by atoms with van der Waals surface area (Å²) in [5.41, 5.74) is 18.0. The van der Waals surface area contributed by atoms with Gasteiger partial charge in [0.1, 0.15) is 6.17 Å². The Morgan fingerprint density at radius 2 is 1.04 bits per heavy atom. The Kier molecular flexibility index (Phi) is 6.53. The Morgan fingerprint density at radius 1 is 0.453 bits per heavy atom. The fourth-order valence-corrected chi connectivity index (χ4v) is 9.35. The molecule has 1 aliphatic carbocycles. The van der Waals surface area contributed by atoms with E-state index in [1.54, 1.807) is 0 Å². The molecule has 0 amide bonds. The van der Waals surface area contributed by atoms with Gasteiger partial charge < -0.3 is 15.1 Å². The van der Waals surface area contributed by atoms with Crippen LogP contribution in [0.2, 0.25) is 0 Å². The monoisotopic (exact) mass is 677 g/mol. The van der Waals surface area contributed by atoms with Crippen LogP contribution in [0.1, 0.15) is 34.0 Å². The van der Waals surface area contributed by atoms with Crippen molar-refractivity contribution in [3.05, 3.63) is 228 Å². The molecule has 1 spiro atoms. The Bertz CT molecular complexity index is 2650. The maximum absolute atomic E-state index is 3.93. The molecule has 0 saturated carbocycles. The summed E-state index contributed by atoms with van der Waals surface area (Å²) in [6.45, 7) is 0. The number of nitrogens with zero attached hydrogens (tertiary/aromatic N) is 2. The summed E-state index contributed by atoms with van der Waals surface area (Å²) in [4.78, 5) is 4.97. The van der Waals surface area contributed by atoms with Crippen LogP contribution in [-0.2, 0) is 5.41 Å². The molecular weight excluding hydrogens is 643 g/mol. The summed E-state index contributed by atoms with van der Waals surface area (Å²) in [6, 6.07) is 73.2. The molecule has 8 aromatic carbocycles. The van der Waals surface area contributed by atoms with Gasteiger partial charge in [-0.3, -0.25) is 0 Å². The van der Waals surface area contributed by atoms with Crippen molar-refractivity contribution in [2.75, 3.05) is 15.1 Å². The molecule has 1 N–H and O–H groups in total. The molecule has 250 valence electrons. The van der Waals surface area contributed by atoms with Crippen LogP contribution in [0, 0.1) is 0 Å². The first-order chi connectivity index (χ1) is 26.3. The molecule has 2 unspecified atom stereocenters. The highest BCUT2D eigenvalue weighted by Crippen LogP contribution is 2.67. The predicted molar refractivity (Wildman–Crippen MR) is 219 cm³/mol. The first kappa shape index (κ1) is 29.8. The van der Waals surface area contributed by atoms with Crippen LogP contribution in [0.3, 0.4) is 0 Å². The highest BCUT2D eigenvalue weighted by atomic mass is 15.3. The molecule has 2 aliphatic heterocycles. The maximum Gasteiger partial charge on any atom is 0.130 e. The highest BCUT2D eigenvalue weighted by Gasteiger charge is 2.54. The van der Waals surface area contributed by atoms with Crippen molar-refractivity contribution in [3.63, 3.8) is 0 Å². The topological polar surface area (TPSA) is 18.5 Å². The molecular formula is C50H35N3. The molecule has 53 heavy (non-hydrogen) atoms. The summed E-state index contributed by atoms with van der Waals surface area (Å²) in [7, 11) is 0. The minimum atomic E-state index is -0.521. The van der Waals surface area contributed by atoms with E-state index < -0.39 is 5.41 Å². The lowest BCUT2D eigenvalue weighted by Crippen LogP contribution is -2.37. The van der Waals surface area contributed by atoms with Crippen LogP contribution < -0.4 is 15.1 Å². The van der Waals surface area contributed by atoms with E-state index in [4.69, 9.17) is 0 Å². The van der Waals surface area contributed by atoms with Gasteiger partial charge in [0.2, 0.25) is 0 Å². The second kappa shape index (κ2) is 11.6. The van der Waals surface area contributed by atoms with E-state index in [2.05, 4.69) is 215 Å². The molecule has 2 atom stereocenters. The second-order valence-electron chi connectivity index (χ2n) is 14.1. The molecule has 0 fully saturated rings. The van der Waals surface area contributed by atoms with E-state index in [9.17, 15) is 0 Å². The minimum Gasteiger partial charge on any atom is -0.359 e. The van der Waals surface area contributed by atoms with Crippen LogP contribution in [0.15, 0.2) is 200 Å². The van der Waals surface area contributed by atoms with Crippen molar-refractivity contribution in [1.82, 2.24) is 0 Å². The quantitative estimate of drug-likeness (QED) is 0.196. The van der Waals surface area contributed by atoms with E-state index in [-0.39, 0.29) is 6.17 Å². The summed E-state index contributed by atoms with van der Waals surface area (Å²) < 4.78 is 0. The maximum atomic E-state index is 3.93. The number of rotatable bonds is 5. The van der Waals surface area contributed by atoms with E-state index in [1.807, 2.05) is 0 Å². The number of benzene rings is 8. The zero-order chi connectivity index (χ0) is 34.9. The van der Waals surface area contributed by atoms with Gasteiger partial charge in [0.25, 0.3) is 0 Å². The third-order valence-electron chi connectivity index (χ3n) is 11.4. The lowest BCUT2D eigenvalue weighted by Gasteiger charge is -2.44. The summed E-state index contributed by atoms with van der Waals surface area (Å²) in [6.07, 6.45) is -0.0132. The van der Waals surface area contributed by atoms with Crippen molar-refractivity contribution in [3.8, 4) is 22.3 Å². The predicted octanol–water partition coefficient (Wildman–Crippen LogP) is 12.8. The third-order valence-corrected chi connectivity index (χ3v) is 11.4. The largest absolute Gasteiger partial charge is 0.359 e. The average Bonchev–Trinajstić information content (AvgIpc) is 3.77.